The molecule has 174 valence electrons. The summed E-state index contributed by atoms with van der Waals surface area (Å²) in [7, 11) is -4.62. The number of hydrogen-bond acceptors (Lipinski definition) is 5. The van der Waals surface area contributed by atoms with Crippen LogP contribution >= 0.6 is 0 Å². The number of nitrogens with zero attached hydrogens (tertiary/aromatic N) is 5. The predicted molar refractivity (Wildman–Crippen MR) is 112 cm³/mol. The van der Waals surface area contributed by atoms with Crippen LogP contribution in [0.5, 0.6) is 0 Å². The minimum absolute atomic E-state index is 0.0955. The Hall–Kier alpha value is -3.20. The molecule has 0 N–H and O–H groups in total. The van der Waals surface area contributed by atoms with Crippen molar-refractivity contribution in [2.45, 2.75) is 42.7 Å². The molecule has 0 atom stereocenters. The molecule has 0 bridgehead atoms. The predicted octanol–water partition coefficient (Wildman–Crippen LogP) is 4.47. The van der Waals surface area contributed by atoms with E-state index in [1.807, 2.05) is 6.07 Å². The Bertz CT molecular complexity index is 1300. The second-order valence-corrected chi connectivity index (χ2v) is 9.49. The van der Waals surface area contributed by atoms with Gasteiger partial charge in [0.05, 0.1) is 17.9 Å². The van der Waals surface area contributed by atoms with Crippen molar-refractivity contribution in [2.24, 2.45) is 0 Å². The molecule has 1 aromatic carbocycles. The fourth-order valence-electron chi connectivity index (χ4n) is 3.98. The van der Waals surface area contributed by atoms with E-state index in [1.54, 1.807) is 0 Å². The molecule has 0 unspecified atom stereocenters. The van der Waals surface area contributed by atoms with Gasteiger partial charge in [-0.05, 0) is 31.4 Å². The van der Waals surface area contributed by atoms with Gasteiger partial charge in [-0.3, -0.25) is 0 Å². The Morgan fingerprint density at radius 3 is 2.36 bits per heavy atom. The number of sulfonamides is 1. The van der Waals surface area contributed by atoms with E-state index < -0.39 is 40.7 Å². The van der Waals surface area contributed by atoms with E-state index in [2.05, 4.69) is 9.97 Å². The molecule has 0 amide bonds. The molecule has 1 fully saturated rings. The summed E-state index contributed by atoms with van der Waals surface area (Å²) in [4.78, 5) is 6.94. The Balaban J connectivity index is 2.08. The molecule has 33 heavy (non-hydrogen) atoms. The minimum Gasteiger partial charge on any atom is -0.322 e. The van der Waals surface area contributed by atoms with Gasteiger partial charge in [-0.25, -0.2) is 40.3 Å². The lowest BCUT2D eigenvalue weighted by Crippen LogP contribution is -2.45. The fourth-order valence-corrected chi connectivity index (χ4v) is 5.50. The third kappa shape index (κ3) is 3.80. The zero-order valence-corrected chi connectivity index (χ0v) is 18.0. The summed E-state index contributed by atoms with van der Waals surface area (Å²) in [5.41, 5.74) is -0.252. The molecule has 2 aromatic heterocycles. The molecule has 1 aliphatic carbocycles. The van der Waals surface area contributed by atoms with Crippen molar-refractivity contribution in [1.82, 2.24) is 14.5 Å². The topological polar surface area (TPSA) is 91.9 Å². The number of benzene rings is 1. The van der Waals surface area contributed by atoms with Crippen LogP contribution in [0.1, 0.15) is 42.9 Å². The van der Waals surface area contributed by atoms with E-state index in [-0.39, 0.29) is 28.4 Å². The molecule has 12 heteroatoms. The van der Waals surface area contributed by atoms with E-state index >= 15 is 0 Å². The van der Waals surface area contributed by atoms with Crippen molar-refractivity contribution >= 4 is 26.7 Å². The molecule has 1 saturated carbocycles. The summed E-state index contributed by atoms with van der Waals surface area (Å²) < 4.78 is 83.9. The lowest BCUT2D eigenvalue weighted by atomic mass is 9.92. The molecule has 3 aromatic rings. The van der Waals surface area contributed by atoms with E-state index in [9.17, 15) is 31.2 Å². The van der Waals surface area contributed by atoms with E-state index in [0.29, 0.717) is 22.7 Å². The largest absolute Gasteiger partial charge is 0.322 e. The summed E-state index contributed by atoms with van der Waals surface area (Å²) in [5.74, 6) is -0.243. The third-order valence-electron chi connectivity index (χ3n) is 5.80. The van der Waals surface area contributed by atoms with Crippen LogP contribution in [0.3, 0.4) is 0 Å². The third-order valence-corrected chi connectivity index (χ3v) is 7.59. The molecule has 1 aliphatic rings. The van der Waals surface area contributed by atoms with E-state index in [0.717, 1.165) is 31.2 Å². The average Bonchev–Trinajstić information content (AvgIpc) is 3.09. The Morgan fingerprint density at radius 1 is 1.18 bits per heavy atom. The van der Waals surface area contributed by atoms with Crippen LogP contribution < -0.4 is 4.31 Å². The van der Waals surface area contributed by atoms with Gasteiger partial charge in [0.25, 0.3) is 16.4 Å². The summed E-state index contributed by atoms with van der Waals surface area (Å²) >= 11 is 0. The smallest absolute Gasteiger partial charge is 0.268 e. The number of alkyl halides is 4. The van der Waals surface area contributed by atoms with Crippen molar-refractivity contribution in [1.29, 1.82) is 5.26 Å². The van der Waals surface area contributed by atoms with Crippen LogP contribution in [-0.2, 0) is 10.0 Å². The average molecular weight is 481 g/mol. The molecule has 0 radical (unpaired) electrons. The first kappa shape index (κ1) is 23.0. The molecule has 2 heterocycles. The highest BCUT2D eigenvalue weighted by Gasteiger charge is 2.40. The summed E-state index contributed by atoms with van der Waals surface area (Å²) in [6.07, 6.45) is 2.36. The molecular formula is C21H19F4N5O2S. The number of halogens is 4. The number of hydrogen-bond donors (Lipinski definition) is 0. The van der Waals surface area contributed by atoms with Crippen LogP contribution in [0.25, 0.3) is 10.9 Å². The first-order valence-corrected chi connectivity index (χ1v) is 11.6. The number of aromatic nitrogens is 3. The van der Waals surface area contributed by atoms with Gasteiger partial charge in [0, 0.05) is 17.0 Å². The second kappa shape index (κ2) is 8.97. The van der Waals surface area contributed by atoms with Crippen molar-refractivity contribution in [3.63, 3.8) is 0 Å². The van der Waals surface area contributed by atoms with Gasteiger partial charge in [-0.2, -0.15) is 5.26 Å². The standard InChI is InChI=1S/C21H19F4N5O2S/c22-7-15(8-23)30(33(31,32)16-10-27-12-28-11-16)21-18(9-26)17-6-13(20(24)25)4-5-19(17)29(21)14-2-1-3-14/h4-6,10-12,14-15,20H,1-3,7-8H2. The van der Waals surface area contributed by atoms with Gasteiger partial charge in [0.2, 0.25) is 0 Å². The minimum atomic E-state index is -4.62. The van der Waals surface area contributed by atoms with Gasteiger partial charge < -0.3 is 4.57 Å². The quantitative estimate of drug-likeness (QED) is 0.443. The number of fused-ring (bicyclic) bond motifs is 1. The van der Waals surface area contributed by atoms with Gasteiger partial charge in [-0.1, -0.05) is 6.07 Å². The highest BCUT2D eigenvalue weighted by atomic mass is 32.2. The Labute approximate surface area is 187 Å². The SMILES string of the molecule is N#Cc1c(N(C(CF)CF)S(=O)(=O)c2cncnc2)n(C2CCC2)c2ccc(C(F)F)cc12. The molecular weight excluding hydrogens is 462 g/mol. The highest BCUT2D eigenvalue weighted by molar-refractivity contribution is 7.92. The first-order valence-electron chi connectivity index (χ1n) is 10.1. The molecule has 0 saturated heterocycles. The molecule has 7 nitrogen and oxygen atoms in total. The van der Waals surface area contributed by atoms with Crippen molar-refractivity contribution < 1.29 is 26.0 Å². The molecule has 4 rings (SSSR count). The zero-order chi connectivity index (χ0) is 23.8. The lowest BCUT2D eigenvalue weighted by Gasteiger charge is -2.35. The highest BCUT2D eigenvalue weighted by Crippen LogP contribution is 2.45. The van der Waals surface area contributed by atoms with Crippen LogP contribution in [0.15, 0.2) is 41.8 Å². The van der Waals surface area contributed by atoms with Crippen LogP contribution in [0.2, 0.25) is 0 Å². The van der Waals surface area contributed by atoms with Gasteiger partial charge >= 0.3 is 0 Å². The van der Waals surface area contributed by atoms with Crippen LogP contribution in [0.4, 0.5) is 23.4 Å². The maximum absolute atomic E-state index is 14.0. The number of nitriles is 1. The zero-order valence-electron chi connectivity index (χ0n) is 17.2. The monoisotopic (exact) mass is 481 g/mol. The maximum Gasteiger partial charge on any atom is 0.268 e. The Morgan fingerprint density at radius 2 is 1.85 bits per heavy atom. The van der Waals surface area contributed by atoms with Crippen LogP contribution in [0, 0.1) is 11.3 Å². The van der Waals surface area contributed by atoms with Gasteiger partial charge in [0.15, 0.2) is 0 Å². The van der Waals surface area contributed by atoms with Crippen LogP contribution in [-0.4, -0.2) is 42.3 Å². The summed E-state index contributed by atoms with van der Waals surface area (Å²) in [6, 6.07) is 3.55. The van der Waals surface area contributed by atoms with Gasteiger partial charge in [0.1, 0.15) is 48.1 Å². The number of anilines is 1. The summed E-state index contributed by atoms with van der Waals surface area (Å²) in [6.45, 7) is -2.74. The first-order chi connectivity index (χ1) is 15.8. The van der Waals surface area contributed by atoms with Crippen molar-refractivity contribution in [3.05, 3.63) is 48.0 Å². The lowest BCUT2D eigenvalue weighted by molar-refractivity contribution is 0.151. The van der Waals surface area contributed by atoms with Crippen molar-refractivity contribution in [2.75, 3.05) is 17.7 Å². The maximum atomic E-state index is 14.0. The fraction of sp³-hybridized carbons (Fsp3) is 0.381. The van der Waals surface area contributed by atoms with E-state index in [1.165, 1.54) is 16.7 Å². The second-order valence-electron chi connectivity index (χ2n) is 7.68. The van der Waals surface area contributed by atoms with Crippen molar-refractivity contribution in [3.8, 4) is 6.07 Å². The Kier molecular flexibility index (Phi) is 6.25. The van der Waals surface area contributed by atoms with Gasteiger partial charge in [-0.15, -0.1) is 0 Å². The van der Waals surface area contributed by atoms with E-state index in [4.69, 9.17) is 0 Å². The molecule has 0 spiro atoms. The normalized spacial score (nSPS) is 14.6. The number of rotatable bonds is 8. The summed E-state index contributed by atoms with van der Waals surface area (Å²) in [5, 5.41) is 10.1. The molecule has 0 aliphatic heterocycles.